The number of ether oxygens (including phenoxy) is 3. The van der Waals surface area contributed by atoms with Crippen LogP contribution >= 0.6 is 0 Å². The van der Waals surface area contributed by atoms with Crippen LogP contribution in [0.1, 0.15) is 11.1 Å². The Hall–Kier alpha value is -2.75. The van der Waals surface area contributed by atoms with E-state index in [2.05, 4.69) is 0 Å². The number of carbonyl (C=O) groups excluding carboxylic acids is 1. The predicted octanol–water partition coefficient (Wildman–Crippen LogP) is 3.13. The van der Waals surface area contributed by atoms with Gasteiger partial charge in [0.1, 0.15) is 22.8 Å². The fraction of sp³-hybridized carbons (Fsp3) is 0.118. The van der Waals surface area contributed by atoms with Crippen molar-refractivity contribution in [2.24, 2.45) is 0 Å². The fourth-order valence-electron chi connectivity index (χ4n) is 2.35. The number of carbonyl (C=O) groups is 1. The van der Waals surface area contributed by atoms with Gasteiger partial charge in [-0.2, -0.15) is 0 Å². The van der Waals surface area contributed by atoms with Crippen LogP contribution in [-0.4, -0.2) is 20.2 Å². The van der Waals surface area contributed by atoms with Crippen molar-refractivity contribution < 1.29 is 19.0 Å². The van der Waals surface area contributed by atoms with Gasteiger partial charge in [-0.15, -0.1) is 0 Å². The molecule has 0 bridgehead atoms. The molecular weight excluding hydrogens is 268 g/mol. The zero-order valence-electron chi connectivity index (χ0n) is 11.8. The van der Waals surface area contributed by atoms with Crippen LogP contribution in [0.25, 0.3) is 11.3 Å². The van der Waals surface area contributed by atoms with Crippen LogP contribution in [0, 0.1) is 0 Å². The number of benzene rings is 2. The summed E-state index contributed by atoms with van der Waals surface area (Å²) >= 11 is 0. The van der Waals surface area contributed by atoms with Crippen molar-refractivity contribution in [1.29, 1.82) is 0 Å². The van der Waals surface area contributed by atoms with E-state index in [1.807, 2.05) is 30.3 Å². The lowest BCUT2D eigenvalue weighted by molar-refractivity contribution is -0.127. The third-order valence-electron chi connectivity index (χ3n) is 3.33. The molecule has 2 aromatic rings. The second-order valence-corrected chi connectivity index (χ2v) is 4.53. The van der Waals surface area contributed by atoms with E-state index >= 15 is 0 Å². The summed E-state index contributed by atoms with van der Waals surface area (Å²) in [6.07, 6.45) is 0. The molecule has 1 aliphatic heterocycles. The molecular formula is C17H14O4. The Bertz CT molecular complexity index is 717. The highest BCUT2D eigenvalue weighted by molar-refractivity contribution is 6.27. The summed E-state index contributed by atoms with van der Waals surface area (Å²) in [5.74, 6) is 1.21. The van der Waals surface area contributed by atoms with E-state index in [0.717, 1.165) is 5.56 Å². The molecule has 1 heterocycles. The summed E-state index contributed by atoms with van der Waals surface area (Å²) in [7, 11) is 3.12. The largest absolute Gasteiger partial charge is 0.497 e. The van der Waals surface area contributed by atoms with Gasteiger partial charge in [0, 0.05) is 17.2 Å². The molecule has 0 N–H and O–H groups in total. The van der Waals surface area contributed by atoms with Gasteiger partial charge in [0.15, 0.2) is 0 Å². The number of hydrogen-bond donors (Lipinski definition) is 0. The molecule has 2 aromatic carbocycles. The summed E-state index contributed by atoms with van der Waals surface area (Å²) in [6.45, 7) is 0. The minimum Gasteiger partial charge on any atom is -0.497 e. The molecule has 0 fully saturated rings. The Morgan fingerprint density at radius 2 is 1.81 bits per heavy atom. The second-order valence-electron chi connectivity index (χ2n) is 4.53. The molecule has 0 saturated carbocycles. The Morgan fingerprint density at radius 3 is 2.48 bits per heavy atom. The Kier molecular flexibility index (Phi) is 3.36. The standard InChI is InChI=1S/C17H14O4/c1-19-12-8-9-13-14(10-12)21-17(18)15(13)16(20-2)11-6-4-3-5-7-11/h3-10H,1-2H3/b16-15+. The molecule has 0 spiro atoms. The first-order chi connectivity index (χ1) is 10.2. The summed E-state index contributed by atoms with van der Waals surface area (Å²) in [4.78, 5) is 12.2. The molecule has 4 heteroatoms. The van der Waals surface area contributed by atoms with E-state index in [1.54, 1.807) is 32.4 Å². The van der Waals surface area contributed by atoms with Crippen molar-refractivity contribution in [2.75, 3.05) is 14.2 Å². The molecule has 0 amide bonds. The van der Waals surface area contributed by atoms with Gasteiger partial charge < -0.3 is 14.2 Å². The highest BCUT2D eigenvalue weighted by Gasteiger charge is 2.31. The van der Waals surface area contributed by atoms with Crippen LogP contribution in [0.15, 0.2) is 48.5 Å². The zero-order valence-corrected chi connectivity index (χ0v) is 11.8. The van der Waals surface area contributed by atoms with E-state index < -0.39 is 5.97 Å². The first-order valence-corrected chi connectivity index (χ1v) is 6.49. The lowest BCUT2D eigenvalue weighted by Gasteiger charge is -2.09. The van der Waals surface area contributed by atoms with E-state index in [0.29, 0.717) is 28.4 Å². The van der Waals surface area contributed by atoms with E-state index in [1.165, 1.54) is 0 Å². The molecule has 0 unspecified atom stereocenters. The molecule has 4 nitrogen and oxygen atoms in total. The lowest BCUT2D eigenvalue weighted by atomic mass is 10.0. The first-order valence-electron chi connectivity index (χ1n) is 6.49. The number of esters is 1. The van der Waals surface area contributed by atoms with Gasteiger partial charge in [0.25, 0.3) is 0 Å². The third-order valence-corrected chi connectivity index (χ3v) is 3.33. The third kappa shape index (κ3) is 2.25. The van der Waals surface area contributed by atoms with Crippen LogP contribution in [-0.2, 0) is 9.53 Å². The lowest BCUT2D eigenvalue weighted by Crippen LogP contribution is -2.04. The predicted molar refractivity (Wildman–Crippen MR) is 78.9 cm³/mol. The van der Waals surface area contributed by atoms with Gasteiger partial charge in [-0.3, -0.25) is 0 Å². The smallest absolute Gasteiger partial charge is 0.348 e. The van der Waals surface area contributed by atoms with Crippen LogP contribution in [0.3, 0.4) is 0 Å². The topological polar surface area (TPSA) is 44.8 Å². The average Bonchev–Trinajstić information content (AvgIpc) is 2.85. The highest BCUT2D eigenvalue weighted by Crippen LogP contribution is 2.40. The van der Waals surface area contributed by atoms with E-state index in [-0.39, 0.29) is 0 Å². The van der Waals surface area contributed by atoms with Crippen LogP contribution < -0.4 is 9.47 Å². The molecule has 0 aliphatic carbocycles. The van der Waals surface area contributed by atoms with E-state index in [4.69, 9.17) is 14.2 Å². The zero-order chi connectivity index (χ0) is 14.8. The normalized spacial score (nSPS) is 15.2. The van der Waals surface area contributed by atoms with Crippen molar-refractivity contribution in [3.8, 4) is 11.5 Å². The summed E-state index contributed by atoms with van der Waals surface area (Å²) in [6, 6.07) is 14.8. The fourth-order valence-corrected chi connectivity index (χ4v) is 2.35. The number of hydrogen-bond acceptors (Lipinski definition) is 4. The molecule has 21 heavy (non-hydrogen) atoms. The van der Waals surface area contributed by atoms with Gasteiger partial charge >= 0.3 is 5.97 Å². The summed E-state index contributed by atoms with van der Waals surface area (Å²) in [5.41, 5.74) is 1.97. The minimum atomic E-state index is -0.418. The maximum Gasteiger partial charge on any atom is 0.348 e. The van der Waals surface area contributed by atoms with Crippen molar-refractivity contribution in [3.05, 3.63) is 59.7 Å². The van der Waals surface area contributed by atoms with Crippen molar-refractivity contribution in [1.82, 2.24) is 0 Å². The Labute approximate surface area is 122 Å². The number of fused-ring (bicyclic) bond motifs is 1. The SMILES string of the molecule is CO/C(=C1/C(=O)Oc2cc(OC)ccc21)c1ccccc1. The Balaban J connectivity index is 2.18. The first kappa shape index (κ1) is 13.2. The Morgan fingerprint density at radius 1 is 1.05 bits per heavy atom. The van der Waals surface area contributed by atoms with Gasteiger partial charge in [-0.25, -0.2) is 4.79 Å². The number of methoxy groups -OCH3 is 2. The molecule has 0 aromatic heterocycles. The quantitative estimate of drug-likeness (QED) is 0.375. The molecule has 1 aliphatic rings. The van der Waals surface area contributed by atoms with Gasteiger partial charge in [0.2, 0.25) is 0 Å². The van der Waals surface area contributed by atoms with Gasteiger partial charge in [0.05, 0.1) is 14.2 Å². The second kappa shape index (κ2) is 5.32. The van der Waals surface area contributed by atoms with Crippen LogP contribution in [0.5, 0.6) is 11.5 Å². The molecule has 0 atom stereocenters. The summed E-state index contributed by atoms with van der Waals surface area (Å²) < 4.78 is 15.9. The molecule has 0 saturated heterocycles. The van der Waals surface area contributed by atoms with Crippen molar-refractivity contribution in [3.63, 3.8) is 0 Å². The maximum absolute atomic E-state index is 12.2. The monoisotopic (exact) mass is 282 g/mol. The molecule has 0 radical (unpaired) electrons. The number of rotatable bonds is 3. The highest BCUT2D eigenvalue weighted by atomic mass is 16.5. The van der Waals surface area contributed by atoms with Crippen LogP contribution in [0.4, 0.5) is 0 Å². The van der Waals surface area contributed by atoms with Crippen LogP contribution in [0.2, 0.25) is 0 Å². The maximum atomic E-state index is 12.2. The van der Waals surface area contributed by atoms with E-state index in [9.17, 15) is 4.79 Å². The van der Waals surface area contributed by atoms with Crippen molar-refractivity contribution >= 4 is 17.3 Å². The minimum absolute atomic E-state index is 0.418. The van der Waals surface area contributed by atoms with Crippen molar-refractivity contribution in [2.45, 2.75) is 0 Å². The summed E-state index contributed by atoms with van der Waals surface area (Å²) in [5, 5.41) is 0. The van der Waals surface area contributed by atoms with Gasteiger partial charge in [-0.1, -0.05) is 30.3 Å². The molecule has 106 valence electrons. The molecule has 3 rings (SSSR count). The average molecular weight is 282 g/mol. The van der Waals surface area contributed by atoms with Gasteiger partial charge in [-0.05, 0) is 12.1 Å².